The van der Waals surface area contributed by atoms with Gasteiger partial charge in [-0.3, -0.25) is 0 Å². The molecule has 3 rings (SSSR count). The van der Waals surface area contributed by atoms with E-state index in [0.717, 1.165) is 25.7 Å². The summed E-state index contributed by atoms with van der Waals surface area (Å²) < 4.78 is 32.6. The van der Waals surface area contributed by atoms with Gasteiger partial charge in [0.15, 0.2) is 5.76 Å². The van der Waals surface area contributed by atoms with Gasteiger partial charge >= 0.3 is 0 Å². The summed E-state index contributed by atoms with van der Waals surface area (Å²) in [6.07, 6.45) is 4.22. The molecule has 0 N–H and O–H groups in total. The maximum absolute atomic E-state index is 12.9. The van der Waals surface area contributed by atoms with Crippen LogP contribution < -0.4 is 0 Å². The molecule has 2 aliphatic rings. The maximum atomic E-state index is 12.9. The largest absolute Gasteiger partial charge is 0.360 e. The van der Waals surface area contributed by atoms with Crippen molar-refractivity contribution in [3.63, 3.8) is 0 Å². The van der Waals surface area contributed by atoms with Crippen LogP contribution in [0.4, 0.5) is 0 Å². The van der Waals surface area contributed by atoms with Gasteiger partial charge in [0, 0.05) is 12.1 Å². The Morgan fingerprint density at radius 2 is 1.89 bits per heavy atom. The van der Waals surface area contributed by atoms with E-state index >= 15 is 0 Å². The highest BCUT2D eigenvalue weighted by molar-refractivity contribution is 7.89. The van der Waals surface area contributed by atoms with E-state index in [9.17, 15) is 8.42 Å². The van der Waals surface area contributed by atoms with Crippen LogP contribution in [0.15, 0.2) is 9.42 Å². The van der Waals surface area contributed by atoms with Gasteiger partial charge in [-0.25, -0.2) is 8.42 Å². The van der Waals surface area contributed by atoms with Crippen molar-refractivity contribution >= 4 is 10.0 Å². The van der Waals surface area contributed by atoms with E-state index in [1.165, 1.54) is 0 Å². The molecule has 0 saturated heterocycles. The van der Waals surface area contributed by atoms with Crippen LogP contribution >= 0.6 is 0 Å². The molecular weight excluding hydrogens is 264 g/mol. The summed E-state index contributed by atoms with van der Waals surface area (Å²) >= 11 is 0. The fourth-order valence-electron chi connectivity index (χ4n) is 2.81. The molecule has 6 heteroatoms. The molecule has 0 radical (unpaired) electrons. The van der Waals surface area contributed by atoms with Crippen molar-refractivity contribution in [1.29, 1.82) is 0 Å². The lowest BCUT2D eigenvalue weighted by molar-refractivity contribution is 0.300. The summed E-state index contributed by atoms with van der Waals surface area (Å²) in [6.45, 7) is 5.39. The highest BCUT2D eigenvalue weighted by Gasteiger charge is 2.47. The van der Waals surface area contributed by atoms with Crippen LogP contribution in [0.3, 0.4) is 0 Å². The van der Waals surface area contributed by atoms with Crippen LogP contribution in [0.5, 0.6) is 0 Å². The summed E-state index contributed by atoms with van der Waals surface area (Å²) in [6, 6.07) is 0.264. The molecule has 0 unspecified atom stereocenters. The van der Waals surface area contributed by atoms with Gasteiger partial charge in [0.1, 0.15) is 10.6 Å². The average Bonchev–Trinajstić information content (AvgIpc) is 3.19. The fraction of sp³-hybridized carbons (Fsp3) is 0.769. The van der Waals surface area contributed by atoms with Gasteiger partial charge in [-0.15, -0.1) is 0 Å². The Hall–Kier alpha value is -0.880. The number of aromatic nitrogens is 1. The van der Waals surface area contributed by atoms with Crippen molar-refractivity contribution in [2.75, 3.05) is 0 Å². The normalized spacial score (nSPS) is 21.9. The molecular formula is C13H20N2O3S. The van der Waals surface area contributed by atoms with Crippen molar-refractivity contribution in [2.24, 2.45) is 5.92 Å². The number of hydrogen-bond donors (Lipinski definition) is 0. The highest BCUT2D eigenvalue weighted by Crippen LogP contribution is 2.43. The van der Waals surface area contributed by atoms with E-state index in [4.69, 9.17) is 4.52 Å². The number of aryl methyl sites for hydroxylation is 2. The Kier molecular flexibility index (Phi) is 2.98. The van der Waals surface area contributed by atoms with Crippen LogP contribution in [0.25, 0.3) is 0 Å². The first-order valence-corrected chi connectivity index (χ1v) is 8.33. The topological polar surface area (TPSA) is 63.4 Å². The third-order valence-electron chi connectivity index (χ3n) is 4.12. The van der Waals surface area contributed by atoms with Gasteiger partial charge < -0.3 is 4.52 Å². The first-order valence-electron chi connectivity index (χ1n) is 6.89. The average molecular weight is 284 g/mol. The van der Waals surface area contributed by atoms with Gasteiger partial charge in [0.05, 0.1) is 0 Å². The van der Waals surface area contributed by atoms with E-state index < -0.39 is 10.0 Å². The van der Waals surface area contributed by atoms with E-state index in [2.05, 4.69) is 5.16 Å². The molecule has 0 spiro atoms. The second-order valence-electron chi connectivity index (χ2n) is 5.80. The quantitative estimate of drug-likeness (QED) is 0.832. The first-order chi connectivity index (χ1) is 8.93. The Bertz CT molecular complexity index is 566. The molecule has 0 aliphatic heterocycles. The number of hydrogen-bond acceptors (Lipinski definition) is 4. The zero-order chi connectivity index (χ0) is 13.8. The standard InChI is InChI=1S/C13H20N2O3S/c1-8-13(10(3)18-14-8)19(16,17)15(12-6-7-12)9(2)11-4-5-11/h9,11-12H,4-7H2,1-3H3/t9-/m1/s1. The zero-order valence-corrected chi connectivity index (χ0v) is 12.4. The first kappa shape index (κ1) is 13.1. The predicted octanol–water partition coefficient (Wildman–Crippen LogP) is 2.24. The van der Waals surface area contributed by atoms with Crippen LogP contribution in [0.2, 0.25) is 0 Å². The number of rotatable bonds is 5. The second-order valence-corrected chi connectivity index (χ2v) is 7.58. The Morgan fingerprint density at radius 1 is 1.26 bits per heavy atom. The SMILES string of the molecule is Cc1noc(C)c1S(=O)(=O)N(C1CC1)[C@H](C)C1CC1. The van der Waals surface area contributed by atoms with Crippen LogP contribution in [-0.4, -0.2) is 30.0 Å². The van der Waals surface area contributed by atoms with Crippen molar-refractivity contribution in [3.8, 4) is 0 Å². The second kappa shape index (κ2) is 4.31. The van der Waals surface area contributed by atoms with E-state index in [1.54, 1.807) is 18.2 Å². The minimum Gasteiger partial charge on any atom is -0.360 e. The lowest BCUT2D eigenvalue weighted by atomic mass is 10.2. The molecule has 0 amide bonds. The molecule has 2 fully saturated rings. The monoisotopic (exact) mass is 284 g/mol. The van der Waals surface area contributed by atoms with E-state index in [0.29, 0.717) is 17.4 Å². The van der Waals surface area contributed by atoms with Crippen LogP contribution in [-0.2, 0) is 10.0 Å². The third-order valence-corrected chi connectivity index (χ3v) is 6.40. The number of nitrogens with zero attached hydrogens (tertiary/aromatic N) is 2. The summed E-state index contributed by atoms with van der Waals surface area (Å²) in [4.78, 5) is 0.270. The molecule has 2 aliphatic carbocycles. The predicted molar refractivity (Wildman–Crippen MR) is 70.2 cm³/mol. The van der Waals surface area contributed by atoms with E-state index in [-0.39, 0.29) is 17.0 Å². The van der Waals surface area contributed by atoms with Gasteiger partial charge in [-0.2, -0.15) is 4.31 Å². The molecule has 0 aromatic carbocycles. The fourth-order valence-corrected chi connectivity index (χ4v) is 5.05. The van der Waals surface area contributed by atoms with E-state index in [1.807, 2.05) is 6.92 Å². The Labute approximate surface area is 114 Å². The lowest BCUT2D eigenvalue weighted by Gasteiger charge is -2.28. The molecule has 2 saturated carbocycles. The molecule has 1 heterocycles. The molecule has 1 atom stereocenters. The van der Waals surface area contributed by atoms with Crippen LogP contribution in [0.1, 0.15) is 44.1 Å². The Morgan fingerprint density at radius 3 is 2.32 bits per heavy atom. The molecule has 106 valence electrons. The summed E-state index contributed by atoms with van der Waals surface area (Å²) in [5.41, 5.74) is 0.464. The van der Waals surface area contributed by atoms with Gasteiger partial charge in [0.2, 0.25) is 10.0 Å². The molecule has 1 aromatic heterocycles. The van der Waals surface area contributed by atoms with Crippen molar-refractivity contribution in [1.82, 2.24) is 9.46 Å². The molecule has 5 nitrogen and oxygen atoms in total. The van der Waals surface area contributed by atoms with Crippen LogP contribution in [0, 0.1) is 19.8 Å². The Balaban J connectivity index is 2.01. The lowest BCUT2D eigenvalue weighted by Crippen LogP contribution is -2.41. The summed E-state index contributed by atoms with van der Waals surface area (Å²) in [5, 5.41) is 3.78. The number of sulfonamides is 1. The zero-order valence-electron chi connectivity index (χ0n) is 11.6. The maximum Gasteiger partial charge on any atom is 0.248 e. The third kappa shape index (κ3) is 2.21. The van der Waals surface area contributed by atoms with Gasteiger partial charge in [-0.1, -0.05) is 5.16 Å². The highest BCUT2D eigenvalue weighted by atomic mass is 32.2. The summed E-state index contributed by atoms with van der Waals surface area (Å²) in [7, 11) is -3.48. The summed E-state index contributed by atoms with van der Waals surface area (Å²) in [5.74, 6) is 0.919. The van der Waals surface area contributed by atoms with Crippen molar-refractivity contribution in [3.05, 3.63) is 11.5 Å². The molecule has 19 heavy (non-hydrogen) atoms. The minimum absolute atomic E-state index is 0.0891. The molecule has 0 bridgehead atoms. The van der Waals surface area contributed by atoms with Crippen molar-refractivity contribution < 1.29 is 12.9 Å². The van der Waals surface area contributed by atoms with Gasteiger partial charge in [0.25, 0.3) is 0 Å². The van der Waals surface area contributed by atoms with Gasteiger partial charge in [-0.05, 0) is 52.4 Å². The molecule has 1 aromatic rings. The smallest absolute Gasteiger partial charge is 0.248 e. The minimum atomic E-state index is -3.48. The van der Waals surface area contributed by atoms with Crippen molar-refractivity contribution in [2.45, 2.75) is 63.4 Å².